The topological polar surface area (TPSA) is 33.5 Å². The van der Waals surface area contributed by atoms with E-state index in [1.807, 2.05) is 31.2 Å². The summed E-state index contributed by atoms with van der Waals surface area (Å²) in [7, 11) is 1.75. The normalized spacial score (nSPS) is 12.2. The van der Waals surface area contributed by atoms with Gasteiger partial charge < -0.3 is 9.32 Å². The van der Waals surface area contributed by atoms with Gasteiger partial charge in [0.2, 0.25) is 0 Å². The van der Waals surface area contributed by atoms with Crippen LogP contribution in [0.4, 0.5) is 0 Å². The average Bonchev–Trinajstić information content (AvgIpc) is 2.84. The Hall–Kier alpha value is -1.26. The summed E-state index contributed by atoms with van der Waals surface area (Å²) in [6.45, 7) is 1.96. The number of amides is 1. The third-order valence-corrected chi connectivity index (χ3v) is 3.72. The molecule has 0 bridgehead atoms. The van der Waals surface area contributed by atoms with Gasteiger partial charge in [-0.1, -0.05) is 23.7 Å². The van der Waals surface area contributed by atoms with Crippen molar-refractivity contribution in [2.75, 3.05) is 7.05 Å². The predicted octanol–water partition coefficient (Wildman–Crippen LogP) is 4.53. The summed E-state index contributed by atoms with van der Waals surface area (Å²) in [6.07, 6.45) is 0. The van der Waals surface area contributed by atoms with Crippen molar-refractivity contribution in [2.24, 2.45) is 0 Å². The summed E-state index contributed by atoms with van der Waals surface area (Å²) in [4.78, 5) is 13.9. The molecule has 0 spiro atoms. The second-order valence-corrected chi connectivity index (χ2v) is 5.47. The van der Waals surface area contributed by atoms with Gasteiger partial charge in [0.25, 0.3) is 5.91 Å². The Kier molecular flexibility index (Phi) is 4.32. The SMILES string of the molecule is CC(c1ccc(Cl)cc1)N(C)C(=O)c1ccc(Br)o1. The lowest BCUT2D eigenvalue weighted by Crippen LogP contribution is -2.29. The zero-order valence-electron chi connectivity index (χ0n) is 10.6. The molecule has 0 fully saturated rings. The van der Waals surface area contributed by atoms with Crippen LogP contribution in [-0.4, -0.2) is 17.9 Å². The summed E-state index contributed by atoms with van der Waals surface area (Å²) in [5.74, 6) is 0.156. The van der Waals surface area contributed by atoms with Crippen molar-refractivity contribution < 1.29 is 9.21 Å². The predicted molar refractivity (Wildman–Crippen MR) is 78.4 cm³/mol. The molecule has 2 rings (SSSR count). The monoisotopic (exact) mass is 341 g/mol. The van der Waals surface area contributed by atoms with Gasteiger partial charge in [-0.25, -0.2) is 0 Å². The van der Waals surface area contributed by atoms with E-state index in [4.69, 9.17) is 16.0 Å². The van der Waals surface area contributed by atoms with E-state index >= 15 is 0 Å². The summed E-state index contributed by atoms with van der Waals surface area (Å²) in [5, 5.41) is 0.680. The van der Waals surface area contributed by atoms with E-state index in [2.05, 4.69) is 15.9 Å². The molecule has 0 aliphatic heterocycles. The zero-order chi connectivity index (χ0) is 14.0. The van der Waals surface area contributed by atoms with Crippen LogP contribution in [0.15, 0.2) is 45.5 Å². The molecule has 1 amide bonds. The summed E-state index contributed by atoms with van der Waals surface area (Å²) < 4.78 is 5.82. The Labute approximate surface area is 125 Å². The minimum absolute atomic E-state index is 0.0614. The number of furan rings is 1. The molecule has 100 valence electrons. The third-order valence-electron chi connectivity index (χ3n) is 3.04. The van der Waals surface area contributed by atoms with E-state index in [0.29, 0.717) is 15.5 Å². The maximum Gasteiger partial charge on any atom is 0.289 e. The quantitative estimate of drug-likeness (QED) is 0.821. The minimum atomic E-state index is -0.159. The van der Waals surface area contributed by atoms with Gasteiger partial charge in [-0.05, 0) is 52.7 Å². The molecule has 0 saturated heterocycles. The third kappa shape index (κ3) is 3.19. The van der Waals surface area contributed by atoms with Crippen LogP contribution in [0, 0.1) is 0 Å². The largest absolute Gasteiger partial charge is 0.444 e. The van der Waals surface area contributed by atoms with Gasteiger partial charge in [0.1, 0.15) is 0 Å². The van der Waals surface area contributed by atoms with Crippen molar-refractivity contribution in [2.45, 2.75) is 13.0 Å². The number of carbonyl (C=O) groups is 1. The van der Waals surface area contributed by atoms with Gasteiger partial charge in [0.15, 0.2) is 10.4 Å². The van der Waals surface area contributed by atoms with E-state index in [0.717, 1.165) is 5.56 Å². The Balaban J connectivity index is 2.16. The van der Waals surface area contributed by atoms with E-state index in [9.17, 15) is 4.79 Å². The molecule has 3 nitrogen and oxygen atoms in total. The van der Waals surface area contributed by atoms with Crippen LogP contribution in [0.25, 0.3) is 0 Å². The lowest BCUT2D eigenvalue weighted by Gasteiger charge is -2.24. The lowest BCUT2D eigenvalue weighted by molar-refractivity contribution is 0.0709. The first-order valence-corrected chi connectivity index (χ1v) is 6.94. The van der Waals surface area contributed by atoms with Gasteiger partial charge in [-0.3, -0.25) is 4.79 Å². The fraction of sp³-hybridized carbons (Fsp3) is 0.214. The lowest BCUT2D eigenvalue weighted by atomic mass is 10.1. The van der Waals surface area contributed by atoms with Crippen molar-refractivity contribution in [1.82, 2.24) is 4.90 Å². The van der Waals surface area contributed by atoms with Gasteiger partial charge in [0.05, 0.1) is 6.04 Å². The molecule has 0 radical (unpaired) electrons. The first-order chi connectivity index (χ1) is 8.99. The fourth-order valence-corrected chi connectivity index (χ4v) is 2.18. The summed E-state index contributed by atoms with van der Waals surface area (Å²) in [6, 6.07) is 10.7. The molecular weight excluding hydrogens is 330 g/mol. The first-order valence-electron chi connectivity index (χ1n) is 5.77. The van der Waals surface area contributed by atoms with Crippen molar-refractivity contribution in [3.63, 3.8) is 0 Å². The molecule has 5 heteroatoms. The summed E-state index contributed by atoms with van der Waals surface area (Å²) in [5.41, 5.74) is 1.02. The number of carbonyl (C=O) groups excluding carboxylic acids is 1. The van der Waals surface area contributed by atoms with Gasteiger partial charge in [-0.2, -0.15) is 0 Å². The van der Waals surface area contributed by atoms with Crippen molar-refractivity contribution in [3.8, 4) is 0 Å². The smallest absolute Gasteiger partial charge is 0.289 e. The molecule has 0 aliphatic rings. The molecule has 2 aromatic rings. The molecule has 0 saturated carbocycles. The molecule has 0 N–H and O–H groups in total. The Bertz CT molecular complexity index is 579. The molecule has 0 aliphatic carbocycles. The first kappa shape index (κ1) is 14.2. The Morgan fingerprint density at radius 2 is 1.89 bits per heavy atom. The Morgan fingerprint density at radius 3 is 2.42 bits per heavy atom. The highest BCUT2D eigenvalue weighted by Gasteiger charge is 2.21. The Morgan fingerprint density at radius 1 is 1.26 bits per heavy atom. The summed E-state index contributed by atoms with van der Waals surface area (Å²) >= 11 is 9.04. The number of hydrogen-bond donors (Lipinski definition) is 0. The highest BCUT2D eigenvalue weighted by Crippen LogP contribution is 2.23. The number of rotatable bonds is 3. The zero-order valence-corrected chi connectivity index (χ0v) is 12.9. The molecule has 1 aromatic heterocycles. The molecular formula is C14H13BrClNO2. The molecule has 1 unspecified atom stereocenters. The maximum absolute atomic E-state index is 12.2. The van der Waals surface area contributed by atoms with Crippen LogP contribution < -0.4 is 0 Å². The van der Waals surface area contributed by atoms with E-state index in [-0.39, 0.29) is 11.9 Å². The van der Waals surface area contributed by atoms with E-state index in [1.54, 1.807) is 24.1 Å². The van der Waals surface area contributed by atoms with Crippen LogP contribution >= 0.6 is 27.5 Å². The number of nitrogens with zero attached hydrogens (tertiary/aromatic N) is 1. The highest BCUT2D eigenvalue weighted by atomic mass is 79.9. The van der Waals surface area contributed by atoms with Gasteiger partial charge >= 0.3 is 0 Å². The van der Waals surface area contributed by atoms with E-state index < -0.39 is 0 Å². The van der Waals surface area contributed by atoms with Crippen molar-refractivity contribution in [3.05, 3.63) is 57.4 Å². The second kappa shape index (κ2) is 5.80. The fourth-order valence-electron chi connectivity index (χ4n) is 1.74. The second-order valence-electron chi connectivity index (χ2n) is 4.25. The van der Waals surface area contributed by atoms with Crippen molar-refractivity contribution in [1.29, 1.82) is 0 Å². The van der Waals surface area contributed by atoms with Crippen LogP contribution in [-0.2, 0) is 0 Å². The number of benzene rings is 1. The molecule has 1 heterocycles. The highest BCUT2D eigenvalue weighted by molar-refractivity contribution is 9.10. The molecule has 1 atom stereocenters. The van der Waals surface area contributed by atoms with Crippen molar-refractivity contribution >= 4 is 33.4 Å². The van der Waals surface area contributed by atoms with E-state index in [1.165, 1.54) is 0 Å². The maximum atomic E-state index is 12.2. The standard InChI is InChI=1S/C14H13BrClNO2/c1-9(10-3-5-11(16)6-4-10)17(2)14(18)12-7-8-13(15)19-12/h3-9H,1-2H3. The molecule has 19 heavy (non-hydrogen) atoms. The van der Waals surface area contributed by atoms with Crippen LogP contribution in [0.2, 0.25) is 5.02 Å². The minimum Gasteiger partial charge on any atom is -0.444 e. The average molecular weight is 343 g/mol. The number of hydrogen-bond acceptors (Lipinski definition) is 2. The van der Waals surface area contributed by atoms with Crippen LogP contribution in [0.5, 0.6) is 0 Å². The van der Waals surface area contributed by atoms with Gasteiger partial charge in [-0.15, -0.1) is 0 Å². The van der Waals surface area contributed by atoms with Gasteiger partial charge in [0, 0.05) is 12.1 Å². The molecule has 1 aromatic carbocycles. The number of halogens is 2. The van der Waals surface area contributed by atoms with Crippen LogP contribution in [0.1, 0.15) is 29.1 Å². The van der Waals surface area contributed by atoms with Crippen LogP contribution in [0.3, 0.4) is 0 Å².